The first-order chi connectivity index (χ1) is 12.7. The van der Waals surface area contributed by atoms with Gasteiger partial charge in [-0.2, -0.15) is 0 Å². The van der Waals surface area contributed by atoms with Crippen molar-refractivity contribution in [3.8, 4) is 5.75 Å². The van der Waals surface area contributed by atoms with E-state index in [1.807, 2.05) is 48.5 Å². The molecule has 1 fully saturated rings. The molecular weight excluding hydrogens is 324 g/mol. The molecular formula is C23H24O3. The van der Waals surface area contributed by atoms with Crippen LogP contribution in [0.15, 0.2) is 48.5 Å². The van der Waals surface area contributed by atoms with E-state index in [2.05, 4.69) is 0 Å². The van der Waals surface area contributed by atoms with Crippen molar-refractivity contribution in [2.45, 2.75) is 50.9 Å². The molecule has 0 aromatic heterocycles. The minimum absolute atomic E-state index is 0.192. The monoisotopic (exact) mass is 348 g/mol. The average Bonchev–Trinajstić information content (AvgIpc) is 3.31. The van der Waals surface area contributed by atoms with Gasteiger partial charge in [0.05, 0.1) is 5.92 Å². The smallest absolute Gasteiger partial charge is 0.318 e. The summed E-state index contributed by atoms with van der Waals surface area (Å²) in [6.07, 6.45) is 6.97. The Balaban J connectivity index is 1.65. The first kappa shape index (κ1) is 17.0. The fourth-order valence-corrected chi connectivity index (χ4v) is 4.45. The lowest BCUT2D eigenvalue weighted by atomic mass is 9.84. The molecule has 1 unspecified atom stereocenters. The molecule has 3 heteroatoms. The second-order valence-electron chi connectivity index (χ2n) is 7.47. The van der Waals surface area contributed by atoms with E-state index in [1.54, 1.807) is 0 Å². The second-order valence-corrected chi connectivity index (χ2v) is 7.47. The summed E-state index contributed by atoms with van der Waals surface area (Å²) < 4.78 is 5.70. The number of ether oxygens (including phenoxy) is 1. The maximum atomic E-state index is 13.1. The molecule has 26 heavy (non-hydrogen) atoms. The molecule has 2 aliphatic rings. The SMILES string of the molecule is O=C1CCc2c1cccc2C(CC1CCCC1)C(=O)Oc1ccccc1. The van der Waals surface area contributed by atoms with Gasteiger partial charge in [-0.3, -0.25) is 9.59 Å². The van der Waals surface area contributed by atoms with Gasteiger partial charge in [-0.25, -0.2) is 0 Å². The van der Waals surface area contributed by atoms with Crippen molar-refractivity contribution in [1.82, 2.24) is 0 Å². The highest BCUT2D eigenvalue weighted by Crippen LogP contribution is 2.38. The van der Waals surface area contributed by atoms with E-state index in [4.69, 9.17) is 4.74 Å². The minimum Gasteiger partial charge on any atom is -0.426 e. The number of ketones is 1. The fraction of sp³-hybridized carbons (Fsp3) is 0.391. The predicted molar refractivity (Wildman–Crippen MR) is 100 cm³/mol. The van der Waals surface area contributed by atoms with Crippen LogP contribution in [0.2, 0.25) is 0 Å². The number of hydrogen-bond acceptors (Lipinski definition) is 3. The summed E-state index contributed by atoms with van der Waals surface area (Å²) in [5.41, 5.74) is 2.86. The Morgan fingerprint density at radius 2 is 1.77 bits per heavy atom. The van der Waals surface area contributed by atoms with Gasteiger partial charge in [0.2, 0.25) is 0 Å². The Hall–Kier alpha value is -2.42. The largest absolute Gasteiger partial charge is 0.426 e. The first-order valence-electron chi connectivity index (χ1n) is 9.64. The number of fused-ring (bicyclic) bond motifs is 1. The van der Waals surface area contributed by atoms with Gasteiger partial charge in [-0.15, -0.1) is 0 Å². The summed E-state index contributed by atoms with van der Waals surface area (Å²) >= 11 is 0. The molecule has 1 atom stereocenters. The van der Waals surface area contributed by atoms with Gasteiger partial charge in [0.25, 0.3) is 0 Å². The normalized spacial score (nSPS) is 17.9. The third-order valence-corrected chi connectivity index (χ3v) is 5.78. The van der Waals surface area contributed by atoms with Crippen molar-refractivity contribution in [2.75, 3.05) is 0 Å². The van der Waals surface area contributed by atoms with E-state index in [-0.39, 0.29) is 17.7 Å². The van der Waals surface area contributed by atoms with Gasteiger partial charge in [-0.1, -0.05) is 62.1 Å². The lowest BCUT2D eigenvalue weighted by Gasteiger charge is -2.22. The number of carbonyl (C=O) groups is 2. The standard InChI is InChI=1S/C23H24O3/c24-22-14-13-19-18(11-6-12-20(19)22)21(15-16-7-4-5-8-16)23(25)26-17-9-2-1-3-10-17/h1-3,6,9-12,16,21H,4-5,7-8,13-15H2. The highest BCUT2D eigenvalue weighted by Gasteiger charge is 2.32. The average molecular weight is 348 g/mol. The summed E-state index contributed by atoms with van der Waals surface area (Å²) in [5.74, 6) is 0.849. The van der Waals surface area contributed by atoms with E-state index in [0.29, 0.717) is 18.1 Å². The maximum absolute atomic E-state index is 13.1. The Kier molecular flexibility index (Phi) is 4.87. The lowest BCUT2D eigenvalue weighted by Crippen LogP contribution is -2.22. The molecule has 134 valence electrons. The molecule has 0 bridgehead atoms. The van der Waals surface area contributed by atoms with Crippen molar-refractivity contribution in [1.29, 1.82) is 0 Å². The van der Waals surface area contributed by atoms with Gasteiger partial charge in [0, 0.05) is 12.0 Å². The summed E-state index contributed by atoms with van der Waals surface area (Å²) in [7, 11) is 0. The Morgan fingerprint density at radius 1 is 1.00 bits per heavy atom. The summed E-state index contributed by atoms with van der Waals surface area (Å²) in [5, 5.41) is 0. The Bertz CT molecular complexity index is 803. The second kappa shape index (κ2) is 7.45. The van der Waals surface area contributed by atoms with Gasteiger partial charge >= 0.3 is 5.97 Å². The highest BCUT2D eigenvalue weighted by atomic mass is 16.5. The quantitative estimate of drug-likeness (QED) is 0.559. The number of para-hydroxylation sites is 1. The highest BCUT2D eigenvalue weighted by molar-refractivity contribution is 6.01. The Labute approximate surface area is 154 Å². The zero-order chi connectivity index (χ0) is 17.9. The van der Waals surface area contributed by atoms with Gasteiger partial charge in [-0.05, 0) is 42.0 Å². The van der Waals surface area contributed by atoms with E-state index >= 15 is 0 Å². The number of rotatable bonds is 5. The van der Waals surface area contributed by atoms with Crippen LogP contribution in [0.1, 0.15) is 65.9 Å². The molecule has 2 aliphatic carbocycles. The van der Waals surface area contributed by atoms with E-state index in [1.165, 1.54) is 25.7 Å². The summed E-state index contributed by atoms with van der Waals surface area (Å²) in [4.78, 5) is 25.2. The molecule has 0 aliphatic heterocycles. The molecule has 3 nitrogen and oxygen atoms in total. The van der Waals surface area contributed by atoms with E-state index in [9.17, 15) is 9.59 Å². The van der Waals surface area contributed by atoms with Crippen molar-refractivity contribution in [2.24, 2.45) is 5.92 Å². The van der Waals surface area contributed by atoms with Crippen LogP contribution in [0.3, 0.4) is 0 Å². The molecule has 0 N–H and O–H groups in total. The number of benzene rings is 2. The van der Waals surface area contributed by atoms with Crippen molar-refractivity contribution >= 4 is 11.8 Å². The molecule has 0 spiro atoms. The van der Waals surface area contributed by atoms with Crippen LogP contribution < -0.4 is 4.74 Å². The minimum atomic E-state index is -0.292. The first-order valence-corrected chi connectivity index (χ1v) is 9.64. The van der Waals surface area contributed by atoms with Crippen molar-refractivity contribution in [3.05, 3.63) is 65.2 Å². The zero-order valence-corrected chi connectivity index (χ0v) is 14.9. The van der Waals surface area contributed by atoms with Gasteiger partial charge in [0.1, 0.15) is 5.75 Å². The van der Waals surface area contributed by atoms with Crippen molar-refractivity contribution < 1.29 is 14.3 Å². The Morgan fingerprint density at radius 3 is 2.54 bits per heavy atom. The molecule has 0 saturated heterocycles. The van der Waals surface area contributed by atoms with Crippen LogP contribution in [0, 0.1) is 5.92 Å². The number of carbonyl (C=O) groups excluding carboxylic acids is 2. The molecule has 0 amide bonds. The summed E-state index contributed by atoms with van der Waals surface area (Å²) in [6.45, 7) is 0. The van der Waals surface area contributed by atoms with E-state index < -0.39 is 0 Å². The third kappa shape index (κ3) is 3.44. The topological polar surface area (TPSA) is 43.4 Å². The van der Waals surface area contributed by atoms with Gasteiger partial charge in [0.15, 0.2) is 5.78 Å². The molecule has 1 saturated carbocycles. The summed E-state index contributed by atoms with van der Waals surface area (Å²) in [6, 6.07) is 15.1. The van der Waals surface area contributed by atoms with Crippen LogP contribution in [0.25, 0.3) is 0 Å². The third-order valence-electron chi connectivity index (χ3n) is 5.78. The number of Topliss-reactive ketones (excluding diaryl/α,β-unsaturated/α-hetero) is 1. The lowest BCUT2D eigenvalue weighted by molar-refractivity contribution is -0.136. The van der Waals surface area contributed by atoms with Crippen molar-refractivity contribution in [3.63, 3.8) is 0 Å². The molecule has 4 rings (SSSR count). The molecule has 2 aromatic rings. The zero-order valence-electron chi connectivity index (χ0n) is 14.9. The van der Waals surface area contributed by atoms with Crippen LogP contribution >= 0.6 is 0 Å². The predicted octanol–water partition coefficient (Wildman–Crippen LogP) is 5.09. The van der Waals surface area contributed by atoms with E-state index in [0.717, 1.165) is 29.5 Å². The van der Waals surface area contributed by atoms with Crippen LogP contribution in [0.5, 0.6) is 5.75 Å². The van der Waals surface area contributed by atoms with Crippen LogP contribution in [-0.4, -0.2) is 11.8 Å². The maximum Gasteiger partial charge on any atom is 0.318 e. The van der Waals surface area contributed by atoms with Crippen LogP contribution in [-0.2, 0) is 11.2 Å². The molecule has 0 heterocycles. The van der Waals surface area contributed by atoms with Crippen LogP contribution in [0.4, 0.5) is 0 Å². The molecule has 0 radical (unpaired) electrons. The van der Waals surface area contributed by atoms with Gasteiger partial charge < -0.3 is 4.74 Å². The number of esters is 1. The molecule has 2 aromatic carbocycles. The number of hydrogen-bond donors (Lipinski definition) is 0. The fourth-order valence-electron chi connectivity index (χ4n) is 4.45.